The molecule has 0 saturated carbocycles. The predicted octanol–water partition coefficient (Wildman–Crippen LogP) is 5.65. The Hall–Kier alpha value is -3.96. The second-order valence-electron chi connectivity index (χ2n) is 13.9. The van der Waals surface area contributed by atoms with Crippen LogP contribution < -0.4 is 5.56 Å². The molecule has 16 heteroatoms. The Morgan fingerprint density at radius 1 is 0.860 bits per heavy atom. The van der Waals surface area contributed by atoms with Crippen LogP contribution in [0, 0.1) is 0 Å². The molecule has 0 radical (unpaired) electrons. The molecule has 57 heavy (non-hydrogen) atoms. The quantitative estimate of drug-likeness (QED) is 0.0389. The lowest BCUT2D eigenvalue weighted by atomic mass is 9.85. The highest BCUT2D eigenvalue weighted by atomic mass is 33.1. The van der Waals surface area contributed by atoms with Gasteiger partial charge in [0.2, 0.25) is 5.60 Å². The van der Waals surface area contributed by atoms with Crippen molar-refractivity contribution < 1.29 is 52.3 Å². The Labute approximate surface area is 339 Å². The summed E-state index contributed by atoms with van der Waals surface area (Å²) in [6, 6.07) is 11.4. The van der Waals surface area contributed by atoms with Crippen LogP contribution in [-0.2, 0) is 71.1 Å². The van der Waals surface area contributed by atoms with Gasteiger partial charge >= 0.3 is 23.9 Å². The van der Waals surface area contributed by atoms with Crippen LogP contribution >= 0.6 is 21.6 Å². The summed E-state index contributed by atoms with van der Waals surface area (Å²) >= 11 is 0. The third kappa shape index (κ3) is 11.2. The summed E-state index contributed by atoms with van der Waals surface area (Å²) in [5.41, 5.74) is 1.28. The molecule has 3 aromatic rings. The molecule has 1 saturated heterocycles. The molecule has 1 aromatic carbocycles. The highest BCUT2D eigenvalue weighted by Gasteiger charge is 2.50. The molecule has 2 atom stereocenters. The Morgan fingerprint density at radius 3 is 2.21 bits per heavy atom. The highest BCUT2D eigenvalue weighted by molar-refractivity contribution is 8.77. The van der Waals surface area contributed by atoms with Crippen LogP contribution in [0.4, 0.5) is 0 Å². The maximum atomic E-state index is 13.7. The van der Waals surface area contributed by atoms with E-state index >= 15 is 0 Å². The van der Waals surface area contributed by atoms with E-state index in [2.05, 4.69) is 0 Å². The molecule has 0 bridgehead atoms. The summed E-state index contributed by atoms with van der Waals surface area (Å²) in [6.07, 6.45) is 4.77. The maximum absolute atomic E-state index is 13.7. The largest absolute Gasteiger partial charge is 0.463 e. The first-order valence-corrected chi connectivity index (χ1v) is 22.1. The standard InChI is InChI=1S/C41H50N2O12S2/c1-2-41(32-25-34-38-29(24-28-8-3-5-10-33(28)42-38)26-43(34)39(47)31(32)27-54-40(41)48)55-37(46)13-7-12-36(45)53-22-20-51-18-16-49-15-17-50-19-21-52-35(44)11-6-4-9-30-14-23-56-57-30/h3,5,8,10,24-25,30H,2,4,6-7,9,11-23,26-27H2,1H3. The van der Waals surface area contributed by atoms with Gasteiger partial charge in [0.25, 0.3) is 5.56 Å². The lowest BCUT2D eigenvalue weighted by Gasteiger charge is -2.35. The van der Waals surface area contributed by atoms with E-state index in [1.165, 1.54) is 12.2 Å². The van der Waals surface area contributed by atoms with Gasteiger partial charge in [0.15, 0.2) is 0 Å². The Balaban J connectivity index is 0.826. The number of rotatable bonds is 23. The van der Waals surface area contributed by atoms with E-state index in [0.717, 1.165) is 41.0 Å². The van der Waals surface area contributed by atoms with E-state index in [-0.39, 0.29) is 69.2 Å². The number of pyridine rings is 2. The normalized spacial score (nSPS) is 18.1. The Bertz CT molecular complexity index is 1950. The molecule has 0 spiro atoms. The average Bonchev–Trinajstić information content (AvgIpc) is 3.86. The molecule has 2 unspecified atom stereocenters. The van der Waals surface area contributed by atoms with Crippen LogP contribution in [0.3, 0.4) is 0 Å². The van der Waals surface area contributed by atoms with Crippen LogP contribution in [0.2, 0.25) is 0 Å². The Kier molecular flexibility index (Phi) is 15.8. The number of carbonyl (C=O) groups is 4. The maximum Gasteiger partial charge on any atom is 0.355 e. The lowest BCUT2D eigenvalue weighted by molar-refractivity contribution is -0.189. The number of cyclic esters (lactones) is 1. The van der Waals surface area contributed by atoms with Gasteiger partial charge in [0, 0.05) is 46.8 Å². The zero-order chi connectivity index (χ0) is 40.0. The van der Waals surface area contributed by atoms with E-state index in [1.807, 2.05) is 51.9 Å². The predicted molar refractivity (Wildman–Crippen MR) is 214 cm³/mol. The number of hydrogen-bond donors (Lipinski definition) is 0. The van der Waals surface area contributed by atoms with E-state index in [9.17, 15) is 24.0 Å². The number of fused-ring (bicyclic) bond motifs is 5. The fourth-order valence-corrected chi connectivity index (χ4v) is 10.1. The zero-order valence-electron chi connectivity index (χ0n) is 32.3. The number of nitrogens with zero attached hydrogens (tertiary/aromatic N) is 2. The van der Waals surface area contributed by atoms with Gasteiger partial charge < -0.3 is 37.7 Å². The second kappa shape index (κ2) is 21.2. The van der Waals surface area contributed by atoms with Crippen molar-refractivity contribution in [2.75, 3.05) is 58.6 Å². The topological polar surface area (TPSA) is 168 Å². The molecule has 5 heterocycles. The highest BCUT2D eigenvalue weighted by Crippen LogP contribution is 2.42. The number of unbranched alkanes of at least 4 members (excludes halogenated alkanes) is 1. The number of carbonyl (C=O) groups excluding carboxylic acids is 4. The fourth-order valence-electron chi connectivity index (χ4n) is 7.03. The first-order valence-electron chi connectivity index (χ1n) is 19.7. The molecule has 308 valence electrons. The van der Waals surface area contributed by atoms with Crippen LogP contribution in [0.5, 0.6) is 0 Å². The summed E-state index contributed by atoms with van der Waals surface area (Å²) in [6.45, 7) is 3.92. The van der Waals surface area contributed by atoms with Crippen LogP contribution in [-0.4, -0.2) is 97.3 Å². The van der Waals surface area contributed by atoms with Crippen LogP contribution in [0.15, 0.2) is 41.2 Å². The van der Waals surface area contributed by atoms with Gasteiger partial charge in [0.1, 0.15) is 19.8 Å². The van der Waals surface area contributed by atoms with Crippen molar-refractivity contribution in [3.05, 3.63) is 63.4 Å². The number of benzene rings is 1. The van der Waals surface area contributed by atoms with Gasteiger partial charge in [-0.25, -0.2) is 9.78 Å². The third-order valence-corrected chi connectivity index (χ3v) is 13.1. The van der Waals surface area contributed by atoms with Gasteiger partial charge in [-0.3, -0.25) is 19.2 Å². The van der Waals surface area contributed by atoms with Crippen molar-refractivity contribution >= 4 is 56.4 Å². The van der Waals surface area contributed by atoms with Gasteiger partial charge in [0.05, 0.1) is 68.7 Å². The smallest absolute Gasteiger partial charge is 0.355 e. The van der Waals surface area contributed by atoms with Gasteiger partial charge in [-0.2, -0.15) is 0 Å². The first kappa shape index (κ1) is 42.6. The molecule has 6 rings (SSSR count). The first-order chi connectivity index (χ1) is 27.8. The molecule has 3 aliphatic rings. The number of esters is 4. The van der Waals surface area contributed by atoms with Crippen molar-refractivity contribution in [3.63, 3.8) is 0 Å². The third-order valence-electron chi connectivity index (χ3n) is 10.0. The van der Waals surface area contributed by atoms with Crippen LogP contribution in [0.25, 0.3) is 22.3 Å². The van der Waals surface area contributed by atoms with Gasteiger partial charge in [-0.1, -0.05) is 53.1 Å². The molecule has 0 amide bonds. The summed E-state index contributed by atoms with van der Waals surface area (Å²) < 4.78 is 39.6. The minimum absolute atomic E-state index is 0.0398. The molecule has 3 aliphatic heterocycles. The minimum atomic E-state index is -1.81. The number of hydrogen-bond acceptors (Lipinski definition) is 15. The fraction of sp³-hybridized carbons (Fsp3) is 0.561. The average molecular weight is 827 g/mol. The van der Waals surface area contributed by atoms with Crippen molar-refractivity contribution in [1.82, 2.24) is 9.55 Å². The monoisotopic (exact) mass is 826 g/mol. The molecule has 14 nitrogen and oxygen atoms in total. The van der Waals surface area contributed by atoms with Crippen LogP contribution in [0.1, 0.15) is 81.4 Å². The summed E-state index contributed by atoms with van der Waals surface area (Å²) in [5.74, 6) is -0.910. The summed E-state index contributed by atoms with van der Waals surface area (Å²) in [5, 5.41) is 1.69. The van der Waals surface area contributed by atoms with Gasteiger partial charge in [-0.05, 0) is 50.3 Å². The molecule has 2 aromatic heterocycles. The molecule has 1 fully saturated rings. The summed E-state index contributed by atoms with van der Waals surface area (Å²) in [7, 11) is 3.90. The summed E-state index contributed by atoms with van der Waals surface area (Å²) in [4.78, 5) is 69.1. The van der Waals surface area contributed by atoms with Crippen molar-refractivity contribution in [2.45, 2.75) is 88.7 Å². The molecular formula is C41H50N2O12S2. The second-order valence-corrected chi connectivity index (χ2v) is 16.7. The lowest BCUT2D eigenvalue weighted by Crippen LogP contribution is -2.47. The minimum Gasteiger partial charge on any atom is -0.463 e. The molecule has 0 N–H and O–H groups in total. The molecule has 0 aliphatic carbocycles. The van der Waals surface area contributed by atoms with E-state index in [4.69, 9.17) is 38.1 Å². The number of para-hydroxylation sites is 1. The van der Waals surface area contributed by atoms with E-state index in [1.54, 1.807) is 17.6 Å². The van der Waals surface area contributed by atoms with Crippen molar-refractivity contribution in [3.8, 4) is 11.4 Å². The SMILES string of the molecule is CCC1(OC(=O)CCCC(=O)OCCOCCOCCOCCOC(=O)CCCCC2CCSS2)C(=O)OCc2c1cc1n(c2=O)Cc2cc3ccccc3nc2-1. The van der Waals surface area contributed by atoms with E-state index < -0.39 is 23.5 Å². The number of aromatic nitrogens is 2. The van der Waals surface area contributed by atoms with E-state index in [0.29, 0.717) is 63.0 Å². The van der Waals surface area contributed by atoms with Gasteiger partial charge in [-0.15, -0.1) is 0 Å². The molecular weight excluding hydrogens is 777 g/mol. The van der Waals surface area contributed by atoms with Crippen molar-refractivity contribution in [2.24, 2.45) is 0 Å². The Morgan fingerprint density at radius 2 is 1.53 bits per heavy atom. The number of ether oxygens (including phenoxy) is 7. The zero-order valence-corrected chi connectivity index (χ0v) is 33.9. The van der Waals surface area contributed by atoms with Crippen molar-refractivity contribution in [1.29, 1.82) is 0 Å².